The van der Waals surface area contributed by atoms with Crippen molar-refractivity contribution in [2.24, 2.45) is 0 Å². The number of sulfonamides is 1. The van der Waals surface area contributed by atoms with Crippen LogP contribution in [0.25, 0.3) is 0 Å². The van der Waals surface area contributed by atoms with Gasteiger partial charge in [0.1, 0.15) is 24.1 Å². The number of hydrogen-bond donors (Lipinski definition) is 1. The lowest BCUT2D eigenvalue weighted by atomic mass is 10.0. The maximum Gasteiger partial charge on any atom is 0.244 e. The fourth-order valence-electron chi connectivity index (χ4n) is 5.38. The predicted octanol–water partition coefficient (Wildman–Crippen LogP) is 4.56. The molecule has 0 aliphatic heterocycles. The normalized spacial score (nSPS) is 14.1. The molecule has 0 saturated heterocycles. The largest absolute Gasteiger partial charge is 0.497 e. The van der Waals surface area contributed by atoms with Crippen LogP contribution in [0.2, 0.25) is 0 Å². The summed E-state index contributed by atoms with van der Waals surface area (Å²) in [5.41, 5.74) is 1.98. The van der Waals surface area contributed by atoms with E-state index in [1.807, 2.05) is 55.5 Å². The molecule has 1 saturated carbocycles. The van der Waals surface area contributed by atoms with E-state index < -0.39 is 28.5 Å². The predicted molar refractivity (Wildman–Crippen MR) is 168 cm³/mol. The molecule has 10 heteroatoms. The highest BCUT2D eigenvalue weighted by atomic mass is 32.2. The van der Waals surface area contributed by atoms with E-state index >= 15 is 0 Å². The molecular formula is C33H41N3O6S. The lowest BCUT2D eigenvalue weighted by Gasteiger charge is -2.34. The summed E-state index contributed by atoms with van der Waals surface area (Å²) in [5, 5.41) is 3.17. The Hall–Kier alpha value is -4.05. The zero-order valence-electron chi connectivity index (χ0n) is 25.1. The van der Waals surface area contributed by atoms with Gasteiger partial charge in [0.15, 0.2) is 0 Å². The molecule has 0 spiro atoms. The number of ether oxygens (including phenoxy) is 2. The van der Waals surface area contributed by atoms with Crippen molar-refractivity contribution in [3.8, 4) is 11.5 Å². The summed E-state index contributed by atoms with van der Waals surface area (Å²) in [5.74, 6) is 0.466. The Morgan fingerprint density at radius 1 is 0.930 bits per heavy atom. The Balaban J connectivity index is 1.71. The number of rotatable bonds is 14. The second-order valence-corrected chi connectivity index (χ2v) is 12.7. The van der Waals surface area contributed by atoms with Crippen LogP contribution in [-0.4, -0.2) is 63.7 Å². The summed E-state index contributed by atoms with van der Waals surface area (Å²) >= 11 is 0. The molecule has 3 aromatic carbocycles. The number of carbonyl (C=O) groups excluding carboxylic acids is 2. The molecule has 9 nitrogen and oxygen atoms in total. The molecule has 230 valence electrons. The molecule has 2 amide bonds. The first-order valence-corrected chi connectivity index (χ1v) is 16.5. The Morgan fingerprint density at radius 3 is 2.23 bits per heavy atom. The van der Waals surface area contributed by atoms with Gasteiger partial charge in [-0.15, -0.1) is 0 Å². The number of nitrogens with one attached hydrogen (secondary N) is 1. The second-order valence-electron chi connectivity index (χ2n) is 10.8. The lowest BCUT2D eigenvalue weighted by molar-refractivity contribution is -0.140. The summed E-state index contributed by atoms with van der Waals surface area (Å²) in [6, 6.07) is 22.6. The van der Waals surface area contributed by atoms with Crippen LogP contribution < -0.4 is 19.1 Å². The second kappa shape index (κ2) is 14.9. The zero-order valence-corrected chi connectivity index (χ0v) is 25.9. The molecule has 0 radical (unpaired) electrons. The van der Waals surface area contributed by atoms with Crippen LogP contribution in [-0.2, 0) is 32.6 Å². The van der Waals surface area contributed by atoms with E-state index in [4.69, 9.17) is 9.47 Å². The molecule has 1 fully saturated rings. The van der Waals surface area contributed by atoms with E-state index in [0.717, 1.165) is 47.4 Å². The van der Waals surface area contributed by atoms with Gasteiger partial charge in [0.05, 0.1) is 25.7 Å². The highest BCUT2D eigenvalue weighted by molar-refractivity contribution is 7.92. The van der Waals surface area contributed by atoms with Gasteiger partial charge >= 0.3 is 0 Å². The van der Waals surface area contributed by atoms with Crippen LogP contribution in [0.15, 0.2) is 78.9 Å². The van der Waals surface area contributed by atoms with E-state index in [1.54, 1.807) is 37.4 Å². The van der Waals surface area contributed by atoms with E-state index in [2.05, 4.69) is 5.32 Å². The van der Waals surface area contributed by atoms with Crippen molar-refractivity contribution < 1.29 is 27.5 Å². The Bertz CT molecular complexity index is 1460. The molecule has 1 aliphatic rings. The summed E-state index contributed by atoms with van der Waals surface area (Å²) in [6.07, 6.45) is 5.23. The summed E-state index contributed by atoms with van der Waals surface area (Å²) in [6.45, 7) is 1.95. The molecular weight excluding hydrogens is 566 g/mol. The molecule has 3 aromatic rings. The van der Waals surface area contributed by atoms with Gasteiger partial charge in [-0.3, -0.25) is 13.9 Å². The van der Waals surface area contributed by atoms with Gasteiger partial charge in [0.25, 0.3) is 0 Å². The van der Waals surface area contributed by atoms with Crippen molar-refractivity contribution in [1.29, 1.82) is 0 Å². The van der Waals surface area contributed by atoms with E-state index in [-0.39, 0.29) is 24.9 Å². The third kappa shape index (κ3) is 8.97. The maximum absolute atomic E-state index is 14.3. The highest BCUT2D eigenvalue weighted by Crippen LogP contribution is 2.24. The number of nitrogens with zero attached hydrogens (tertiary/aromatic N) is 2. The van der Waals surface area contributed by atoms with Gasteiger partial charge in [0, 0.05) is 19.0 Å². The first-order valence-electron chi connectivity index (χ1n) is 14.6. The molecule has 1 aliphatic carbocycles. The molecule has 43 heavy (non-hydrogen) atoms. The summed E-state index contributed by atoms with van der Waals surface area (Å²) < 4.78 is 38.0. The Morgan fingerprint density at radius 2 is 1.60 bits per heavy atom. The minimum atomic E-state index is -3.85. The number of amides is 2. The molecule has 0 unspecified atom stereocenters. The van der Waals surface area contributed by atoms with Crippen LogP contribution in [0.4, 0.5) is 5.69 Å². The summed E-state index contributed by atoms with van der Waals surface area (Å²) in [7, 11) is -2.29. The average Bonchev–Trinajstić information content (AvgIpc) is 3.51. The fourth-order valence-corrected chi connectivity index (χ4v) is 6.23. The number of methoxy groups -OCH3 is 1. The Kier molecular flexibility index (Phi) is 11.1. The van der Waals surface area contributed by atoms with Crippen molar-refractivity contribution >= 4 is 27.5 Å². The summed E-state index contributed by atoms with van der Waals surface area (Å²) in [4.78, 5) is 29.7. The SMILES string of the molecule is CCOc1ccc(N(CC(=O)N(Cc2cccc(OC)c2)[C@@H](Cc2ccccc2)C(=O)NC2CCCC2)S(C)(=O)=O)cc1. The molecule has 0 aromatic heterocycles. The molecule has 0 bridgehead atoms. The van der Waals surface area contributed by atoms with Gasteiger partial charge in [-0.1, -0.05) is 55.3 Å². The zero-order chi connectivity index (χ0) is 30.8. The van der Waals surface area contributed by atoms with Gasteiger partial charge in [-0.05, 0) is 67.3 Å². The third-order valence-electron chi connectivity index (χ3n) is 7.57. The average molecular weight is 608 g/mol. The molecule has 1 atom stereocenters. The van der Waals surface area contributed by atoms with Crippen LogP contribution in [0.5, 0.6) is 11.5 Å². The first kappa shape index (κ1) is 31.9. The standard InChI is InChI=1S/C33H41N3O6S/c1-4-42-29-19-17-28(18-20-29)36(43(3,39)40)24-32(37)35(23-26-13-10-16-30(21-26)41-2)31(22-25-11-6-5-7-12-25)33(38)34-27-14-8-9-15-27/h5-7,10-13,16-21,27,31H,4,8-9,14-15,22-24H2,1-3H3,(H,34,38)/t31-/m0/s1. The van der Waals surface area contributed by atoms with Crippen LogP contribution in [0.1, 0.15) is 43.7 Å². The minimum Gasteiger partial charge on any atom is -0.497 e. The highest BCUT2D eigenvalue weighted by Gasteiger charge is 2.34. The number of anilines is 1. The van der Waals surface area contributed by atoms with Gasteiger partial charge in [0.2, 0.25) is 21.8 Å². The van der Waals surface area contributed by atoms with E-state index in [1.165, 1.54) is 4.90 Å². The molecule has 4 rings (SSSR count). The van der Waals surface area contributed by atoms with Gasteiger partial charge < -0.3 is 19.7 Å². The van der Waals surface area contributed by atoms with Crippen molar-refractivity contribution in [2.45, 2.75) is 57.7 Å². The minimum absolute atomic E-state index is 0.0518. The number of carbonyl (C=O) groups is 2. The van der Waals surface area contributed by atoms with Crippen LogP contribution in [0, 0.1) is 0 Å². The molecule has 1 N–H and O–H groups in total. The number of benzene rings is 3. The van der Waals surface area contributed by atoms with Crippen molar-refractivity contribution in [3.63, 3.8) is 0 Å². The Labute approximate surface area is 254 Å². The van der Waals surface area contributed by atoms with E-state index in [0.29, 0.717) is 23.8 Å². The topological polar surface area (TPSA) is 105 Å². The smallest absolute Gasteiger partial charge is 0.244 e. The van der Waals surface area contributed by atoms with Gasteiger partial charge in [-0.25, -0.2) is 8.42 Å². The van der Waals surface area contributed by atoms with Crippen LogP contribution in [0.3, 0.4) is 0 Å². The monoisotopic (exact) mass is 607 g/mol. The quantitative estimate of drug-likeness (QED) is 0.288. The lowest BCUT2D eigenvalue weighted by Crippen LogP contribution is -2.54. The van der Waals surface area contributed by atoms with Crippen molar-refractivity contribution in [3.05, 3.63) is 90.0 Å². The first-order chi connectivity index (χ1) is 20.7. The fraction of sp³-hybridized carbons (Fsp3) is 0.394. The van der Waals surface area contributed by atoms with Crippen LogP contribution >= 0.6 is 0 Å². The number of hydrogen-bond acceptors (Lipinski definition) is 6. The van der Waals surface area contributed by atoms with Gasteiger partial charge in [-0.2, -0.15) is 0 Å². The van der Waals surface area contributed by atoms with E-state index in [9.17, 15) is 18.0 Å². The van der Waals surface area contributed by atoms with Crippen molar-refractivity contribution in [1.82, 2.24) is 10.2 Å². The third-order valence-corrected chi connectivity index (χ3v) is 8.72. The maximum atomic E-state index is 14.3. The van der Waals surface area contributed by atoms with Crippen molar-refractivity contribution in [2.75, 3.05) is 30.8 Å². The molecule has 0 heterocycles.